The van der Waals surface area contributed by atoms with Gasteiger partial charge < -0.3 is 9.32 Å². The molecule has 4 rings (SSSR count). The van der Waals surface area contributed by atoms with Gasteiger partial charge in [0.05, 0.1) is 11.5 Å². The fourth-order valence-electron chi connectivity index (χ4n) is 3.68. The van der Waals surface area contributed by atoms with Crippen molar-refractivity contribution in [2.24, 2.45) is 0 Å². The highest BCUT2D eigenvalue weighted by molar-refractivity contribution is 7.91. The molecular formula is C21H20ClNO4S. The summed E-state index contributed by atoms with van der Waals surface area (Å²) in [6.45, 7) is 2.15. The maximum Gasteiger partial charge on any atom is 0.290 e. The predicted molar refractivity (Wildman–Crippen MR) is 109 cm³/mol. The van der Waals surface area contributed by atoms with E-state index >= 15 is 0 Å². The molecule has 1 fully saturated rings. The van der Waals surface area contributed by atoms with Gasteiger partial charge in [-0.05, 0) is 37.1 Å². The Morgan fingerprint density at radius 1 is 1.18 bits per heavy atom. The number of rotatable bonds is 4. The summed E-state index contributed by atoms with van der Waals surface area (Å²) in [5, 5.41) is 1.49. The number of fused-ring (bicyclic) bond motifs is 1. The molecule has 0 unspecified atom stereocenters. The Balaban J connectivity index is 1.72. The lowest BCUT2D eigenvalue weighted by molar-refractivity contribution is 0.0649. The zero-order valence-corrected chi connectivity index (χ0v) is 17.0. The van der Waals surface area contributed by atoms with Gasteiger partial charge in [0.2, 0.25) is 0 Å². The molecule has 3 aromatic rings. The van der Waals surface area contributed by atoms with E-state index in [2.05, 4.69) is 0 Å². The highest BCUT2D eigenvalue weighted by atomic mass is 35.5. The number of para-hydroxylation sites is 1. The van der Waals surface area contributed by atoms with E-state index in [0.29, 0.717) is 23.6 Å². The van der Waals surface area contributed by atoms with Crippen LogP contribution in [-0.2, 0) is 16.4 Å². The molecule has 5 nitrogen and oxygen atoms in total. The number of nitrogens with zero attached hydrogens (tertiary/aromatic N) is 1. The number of furan rings is 1. The molecule has 146 valence electrons. The van der Waals surface area contributed by atoms with E-state index in [4.69, 9.17) is 16.0 Å². The number of halogens is 1. The average Bonchev–Trinajstić information content (AvgIpc) is 3.20. The summed E-state index contributed by atoms with van der Waals surface area (Å²) in [6, 6.07) is 14.3. The summed E-state index contributed by atoms with van der Waals surface area (Å²) in [6.07, 6.45) is 0.431. The van der Waals surface area contributed by atoms with Gasteiger partial charge in [0.15, 0.2) is 15.6 Å². The molecule has 1 amide bonds. The normalized spacial score (nSPS) is 18.4. The predicted octanol–water partition coefficient (Wildman–Crippen LogP) is 4.22. The van der Waals surface area contributed by atoms with E-state index in [-0.39, 0.29) is 29.2 Å². The number of aryl methyl sites for hydroxylation is 1. The van der Waals surface area contributed by atoms with Crippen LogP contribution in [0.4, 0.5) is 0 Å². The Morgan fingerprint density at radius 3 is 2.54 bits per heavy atom. The standard InChI is InChI=1S/C21H20ClNO4S/c1-14-18-4-2-3-5-19(18)27-20(14)21(24)23(17-10-11-28(25,26)13-17)12-15-6-8-16(22)9-7-15/h2-9,17H,10-13H2,1H3/t17-/m0/s1. The zero-order valence-electron chi connectivity index (χ0n) is 15.4. The summed E-state index contributed by atoms with van der Waals surface area (Å²) >= 11 is 5.96. The van der Waals surface area contributed by atoms with Crippen molar-refractivity contribution in [2.45, 2.75) is 25.9 Å². The van der Waals surface area contributed by atoms with Gasteiger partial charge in [0, 0.05) is 28.6 Å². The Morgan fingerprint density at radius 2 is 1.89 bits per heavy atom. The SMILES string of the molecule is Cc1c(C(=O)N(Cc2ccc(Cl)cc2)[C@H]2CCS(=O)(=O)C2)oc2ccccc12. The van der Waals surface area contributed by atoms with Gasteiger partial charge >= 0.3 is 0 Å². The Bertz CT molecular complexity index is 1130. The van der Waals surface area contributed by atoms with Crippen molar-refractivity contribution in [3.63, 3.8) is 0 Å². The van der Waals surface area contributed by atoms with Crippen LogP contribution < -0.4 is 0 Å². The van der Waals surface area contributed by atoms with Crippen molar-refractivity contribution in [2.75, 3.05) is 11.5 Å². The molecule has 0 saturated carbocycles. The van der Waals surface area contributed by atoms with E-state index in [1.807, 2.05) is 43.3 Å². The quantitative estimate of drug-likeness (QED) is 0.637. The van der Waals surface area contributed by atoms with Crippen LogP contribution in [0.2, 0.25) is 5.02 Å². The van der Waals surface area contributed by atoms with Crippen molar-refractivity contribution < 1.29 is 17.6 Å². The highest BCUT2D eigenvalue weighted by Gasteiger charge is 2.36. The Hall–Kier alpha value is -2.31. The topological polar surface area (TPSA) is 67.6 Å². The first-order chi connectivity index (χ1) is 13.3. The summed E-state index contributed by atoms with van der Waals surface area (Å²) in [5.74, 6) is 0.0532. The highest BCUT2D eigenvalue weighted by Crippen LogP contribution is 2.29. The average molecular weight is 418 g/mol. The molecule has 0 spiro atoms. The largest absolute Gasteiger partial charge is 0.451 e. The zero-order chi connectivity index (χ0) is 19.9. The molecule has 2 heterocycles. The van der Waals surface area contributed by atoms with Gasteiger partial charge in [-0.1, -0.05) is 41.9 Å². The molecule has 1 aromatic heterocycles. The van der Waals surface area contributed by atoms with Gasteiger partial charge in [0.25, 0.3) is 5.91 Å². The molecule has 2 aromatic carbocycles. The monoisotopic (exact) mass is 417 g/mol. The van der Waals surface area contributed by atoms with Crippen molar-refractivity contribution in [3.8, 4) is 0 Å². The van der Waals surface area contributed by atoms with Crippen molar-refractivity contribution in [1.29, 1.82) is 0 Å². The van der Waals surface area contributed by atoms with Crippen molar-refractivity contribution in [1.82, 2.24) is 4.90 Å². The molecule has 1 aliphatic heterocycles. The molecule has 1 aliphatic rings. The molecule has 0 radical (unpaired) electrons. The van der Waals surface area contributed by atoms with Gasteiger partial charge in [-0.3, -0.25) is 4.79 Å². The van der Waals surface area contributed by atoms with E-state index in [0.717, 1.165) is 16.5 Å². The van der Waals surface area contributed by atoms with Crippen LogP contribution in [0.25, 0.3) is 11.0 Å². The smallest absolute Gasteiger partial charge is 0.290 e. The maximum absolute atomic E-state index is 13.4. The fraction of sp³-hybridized carbons (Fsp3) is 0.286. The van der Waals surface area contributed by atoms with Gasteiger partial charge in [-0.2, -0.15) is 0 Å². The summed E-state index contributed by atoms with van der Waals surface area (Å²) in [7, 11) is -3.14. The van der Waals surface area contributed by atoms with Gasteiger partial charge in [-0.15, -0.1) is 0 Å². The second-order valence-electron chi connectivity index (χ2n) is 7.17. The number of hydrogen-bond acceptors (Lipinski definition) is 4. The molecule has 1 saturated heterocycles. The first-order valence-electron chi connectivity index (χ1n) is 9.08. The number of hydrogen-bond donors (Lipinski definition) is 0. The van der Waals surface area contributed by atoms with Crippen LogP contribution in [0.5, 0.6) is 0 Å². The van der Waals surface area contributed by atoms with Crippen molar-refractivity contribution in [3.05, 3.63) is 70.4 Å². The van der Waals surface area contributed by atoms with Crippen LogP contribution in [-0.4, -0.2) is 36.8 Å². The first kappa shape index (κ1) is 19.0. The number of carbonyl (C=O) groups is 1. The lowest BCUT2D eigenvalue weighted by atomic mass is 10.1. The molecule has 0 bridgehead atoms. The minimum Gasteiger partial charge on any atom is -0.451 e. The number of amides is 1. The maximum atomic E-state index is 13.4. The van der Waals surface area contributed by atoms with Crippen LogP contribution in [0.15, 0.2) is 52.9 Å². The van der Waals surface area contributed by atoms with E-state index in [1.165, 1.54) is 0 Å². The summed E-state index contributed by atoms with van der Waals surface area (Å²) in [5.41, 5.74) is 2.30. The van der Waals surface area contributed by atoms with Gasteiger partial charge in [-0.25, -0.2) is 8.42 Å². The summed E-state index contributed by atoms with van der Waals surface area (Å²) in [4.78, 5) is 15.0. The number of carbonyl (C=O) groups excluding carboxylic acids is 1. The molecule has 0 aliphatic carbocycles. The first-order valence-corrected chi connectivity index (χ1v) is 11.3. The third-order valence-electron chi connectivity index (χ3n) is 5.21. The van der Waals surface area contributed by atoms with Gasteiger partial charge in [0.1, 0.15) is 5.58 Å². The molecule has 7 heteroatoms. The molecule has 0 N–H and O–H groups in total. The van der Waals surface area contributed by atoms with E-state index < -0.39 is 9.84 Å². The van der Waals surface area contributed by atoms with Crippen LogP contribution in [0.1, 0.15) is 28.1 Å². The molecular weight excluding hydrogens is 398 g/mol. The lowest BCUT2D eigenvalue weighted by Crippen LogP contribution is -2.40. The fourth-order valence-corrected chi connectivity index (χ4v) is 5.54. The van der Waals surface area contributed by atoms with Crippen molar-refractivity contribution >= 4 is 38.3 Å². The van der Waals surface area contributed by atoms with Crippen LogP contribution in [0, 0.1) is 6.92 Å². The summed E-state index contributed by atoms with van der Waals surface area (Å²) < 4.78 is 29.9. The van der Waals surface area contributed by atoms with Crippen LogP contribution in [0.3, 0.4) is 0 Å². The van der Waals surface area contributed by atoms with Crippen LogP contribution >= 0.6 is 11.6 Å². The minimum atomic E-state index is -3.14. The van der Waals surface area contributed by atoms with E-state index in [1.54, 1.807) is 17.0 Å². The second-order valence-corrected chi connectivity index (χ2v) is 9.83. The lowest BCUT2D eigenvalue weighted by Gasteiger charge is -2.28. The number of sulfone groups is 1. The Labute approximate surface area is 168 Å². The minimum absolute atomic E-state index is 0.0222. The Kier molecular flexibility index (Phi) is 4.93. The third-order valence-corrected chi connectivity index (χ3v) is 7.22. The molecule has 28 heavy (non-hydrogen) atoms. The third kappa shape index (κ3) is 3.66. The second kappa shape index (κ2) is 7.26. The number of benzene rings is 2. The molecule has 1 atom stereocenters. The van der Waals surface area contributed by atoms with E-state index in [9.17, 15) is 13.2 Å².